The SMILES string of the molecule is CC1Cc2cc3c(ccn3C)cc2N1. The van der Waals surface area contributed by atoms with E-state index in [2.05, 4.69) is 48.3 Å². The number of aromatic nitrogens is 1. The van der Waals surface area contributed by atoms with E-state index in [0.717, 1.165) is 6.42 Å². The van der Waals surface area contributed by atoms with Gasteiger partial charge < -0.3 is 9.88 Å². The van der Waals surface area contributed by atoms with Gasteiger partial charge in [-0.2, -0.15) is 0 Å². The Balaban J connectivity index is 2.28. The van der Waals surface area contributed by atoms with Crippen molar-refractivity contribution in [3.8, 4) is 0 Å². The minimum atomic E-state index is 0.585. The maximum atomic E-state index is 3.49. The molecule has 1 atom stereocenters. The summed E-state index contributed by atoms with van der Waals surface area (Å²) in [6, 6.07) is 7.32. The standard InChI is InChI=1S/C12H14N2/c1-8-5-10-7-12-9(3-4-14(12)2)6-11(10)13-8/h3-4,6-8,13H,5H2,1-2H3. The first-order valence-electron chi connectivity index (χ1n) is 5.08. The van der Waals surface area contributed by atoms with Crippen LogP contribution in [0.15, 0.2) is 24.4 Å². The van der Waals surface area contributed by atoms with Gasteiger partial charge in [0, 0.05) is 35.9 Å². The van der Waals surface area contributed by atoms with Crippen LogP contribution in [0.3, 0.4) is 0 Å². The van der Waals surface area contributed by atoms with Crippen LogP contribution in [0, 0.1) is 0 Å². The van der Waals surface area contributed by atoms with Gasteiger partial charge in [0.25, 0.3) is 0 Å². The van der Waals surface area contributed by atoms with Crippen LogP contribution in [-0.2, 0) is 13.5 Å². The summed E-state index contributed by atoms with van der Waals surface area (Å²) in [6.45, 7) is 2.23. The zero-order valence-electron chi connectivity index (χ0n) is 8.54. The van der Waals surface area contributed by atoms with Gasteiger partial charge in [0.15, 0.2) is 0 Å². The maximum absolute atomic E-state index is 3.49. The zero-order valence-corrected chi connectivity index (χ0v) is 8.54. The average Bonchev–Trinajstić information content (AvgIpc) is 2.66. The van der Waals surface area contributed by atoms with Gasteiger partial charge in [-0.15, -0.1) is 0 Å². The Morgan fingerprint density at radius 2 is 2.29 bits per heavy atom. The number of hydrogen-bond acceptors (Lipinski definition) is 1. The monoisotopic (exact) mass is 186 g/mol. The Kier molecular flexibility index (Phi) is 1.43. The lowest BCUT2D eigenvalue weighted by atomic mass is 10.1. The molecule has 0 spiro atoms. The van der Waals surface area contributed by atoms with Crippen LogP contribution >= 0.6 is 0 Å². The lowest BCUT2D eigenvalue weighted by Gasteiger charge is -2.02. The van der Waals surface area contributed by atoms with Crippen molar-refractivity contribution in [2.24, 2.45) is 7.05 Å². The van der Waals surface area contributed by atoms with E-state index in [0.29, 0.717) is 6.04 Å². The smallest absolute Gasteiger partial charge is 0.0481 e. The van der Waals surface area contributed by atoms with E-state index in [1.807, 2.05) is 0 Å². The fourth-order valence-electron chi connectivity index (χ4n) is 2.31. The fraction of sp³-hybridized carbons (Fsp3) is 0.333. The first-order chi connectivity index (χ1) is 6.74. The normalized spacial score (nSPS) is 19.7. The molecule has 1 aliphatic heterocycles. The van der Waals surface area contributed by atoms with E-state index in [4.69, 9.17) is 0 Å². The second-order valence-corrected chi connectivity index (χ2v) is 4.24. The number of nitrogens with one attached hydrogen (secondary N) is 1. The molecule has 0 bridgehead atoms. The van der Waals surface area contributed by atoms with Gasteiger partial charge in [0.1, 0.15) is 0 Å². The molecule has 2 nitrogen and oxygen atoms in total. The molecule has 1 aromatic carbocycles. The summed E-state index contributed by atoms with van der Waals surface area (Å²) in [5.74, 6) is 0. The van der Waals surface area contributed by atoms with Gasteiger partial charge in [-0.3, -0.25) is 0 Å². The van der Waals surface area contributed by atoms with Crippen LogP contribution in [0.25, 0.3) is 10.9 Å². The van der Waals surface area contributed by atoms with Crippen LogP contribution in [0.1, 0.15) is 12.5 Å². The van der Waals surface area contributed by atoms with E-state index in [9.17, 15) is 0 Å². The Labute approximate surface area is 83.5 Å². The highest BCUT2D eigenvalue weighted by Crippen LogP contribution is 2.30. The predicted molar refractivity (Wildman–Crippen MR) is 59.7 cm³/mol. The van der Waals surface area contributed by atoms with E-state index >= 15 is 0 Å². The number of benzene rings is 1. The van der Waals surface area contributed by atoms with E-state index in [-0.39, 0.29) is 0 Å². The van der Waals surface area contributed by atoms with Crippen molar-refractivity contribution in [1.82, 2.24) is 4.57 Å². The summed E-state index contributed by atoms with van der Waals surface area (Å²) < 4.78 is 2.18. The number of rotatable bonds is 0. The van der Waals surface area contributed by atoms with Crippen LogP contribution < -0.4 is 5.32 Å². The second kappa shape index (κ2) is 2.53. The number of aryl methyl sites for hydroxylation is 1. The van der Waals surface area contributed by atoms with Crippen LogP contribution in [-0.4, -0.2) is 10.6 Å². The number of nitrogens with zero attached hydrogens (tertiary/aromatic N) is 1. The van der Waals surface area contributed by atoms with Crippen LogP contribution in [0.5, 0.6) is 0 Å². The largest absolute Gasteiger partial charge is 0.382 e. The summed E-state index contributed by atoms with van der Waals surface area (Å²) in [4.78, 5) is 0. The minimum absolute atomic E-state index is 0.585. The van der Waals surface area contributed by atoms with Gasteiger partial charge in [-0.25, -0.2) is 0 Å². The van der Waals surface area contributed by atoms with Crippen LogP contribution in [0.4, 0.5) is 5.69 Å². The predicted octanol–water partition coefficient (Wildman–Crippen LogP) is 2.53. The van der Waals surface area contributed by atoms with Gasteiger partial charge >= 0.3 is 0 Å². The van der Waals surface area contributed by atoms with Crippen molar-refractivity contribution in [3.05, 3.63) is 30.0 Å². The second-order valence-electron chi connectivity index (χ2n) is 4.24. The van der Waals surface area contributed by atoms with Crippen molar-refractivity contribution < 1.29 is 0 Å². The quantitative estimate of drug-likeness (QED) is 0.669. The third kappa shape index (κ3) is 0.969. The molecular weight excluding hydrogens is 172 g/mol. The molecule has 0 radical (unpaired) electrons. The van der Waals surface area contributed by atoms with E-state index in [1.165, 1.54) is 22.2 Å². The van der Waals surface area contributed by atoms with Gasteiger partial charge in [0.2, 0.25) is 0 Å². The number of hydrogen-bond donors (Lipinski definition) is 1. The van der Waals surface area contributed by atoms with Gasteiger partial charge in [-0.05, 0) is 37.1 Å². The fourth-order valence-corrected chi connectivity index (χ4v) is 2.31. The molecule has 0 aliphatic carbocycles. The minimum Gasteiger partial charge on any atom is -0.382 e. The number of fused-ring (bicyclic) bond motifs is 2. The lowest BCUT2D eigenvalue weighted by Crippen LogP contribution is -2.08. The third-order valence-corrected chi connectivity index (χ3v) is 3.04. The molecule has 0 amide bonds. The van der Waals surface area contributed by atoms with Crippen molar-refractivity contribution in [1.29, 1.82) is 0 Å². The van der Waals surface area contributed by atoms with E-state index in [1.54, 1.807) is 0 Å². The van der Waals surface area contributed by atoms with Crippen molar-refractivity contribution in [2.75, 3.05) is 5.32 Å². The van der Waals surface area contributed by atoms with Crippen molar-refractivity contribution in [3.63, 3.8) is 0 Å². The average molecular weight is 186 g/mol. The Morgan fingerprint density at radius 1 is 1.43 bits per heavy atom. The zero-order chi connectivity index (χ0) is 9.71. The molecule has 2 heterocycles. The molecular formula is C12H14N2. The molecule has 0 saturated heterocycles. The summed E-state index contributed by atoms with van der Waals surface area (Å²) in [7, 11) is 2.10. The molecule has 2 heteroatoms. The van der Waals surface area contributed by atoms with Gasteiger partial charge in [0.05, 0.1) is 0 Å². The Bertz CT molecular complexity index is 496. The van der Waals surface area contributed by atoms with E-state index < -0.39 is 0 Å². The molecule has 1 N–H and O–H groups in total. The van der Waals surface area contributed by atoms with Crippen molar-refractivity contribution >= 4 is 16.6 Å². The highest BCUT2D eigenvalue weighted by molar-refractivity contribution is 5.86. The summed E-state index contributed by atoms with van der Waals surface area (Å²) in [5, 5.41) is 4.82. The first kappa shape index (κ1) is 7.92. The highest BCUT2D eigenvalue weighted by atomic mass is 15.0. The summed E-state index contributed by atoms with van der Waals surface area (Å²) >= 11 is 0. The molecule has 1 unspecified atom stereocenters. The summed E-state index contributed by atoms with van der Waals surface area (Å²) in [6.07, 6.45) is 3.26. The lowest BCUT2D eigenvalue weighted by molar-refractivity contribution is 0.839. The first-order valence-corrected chi connectivity index (χ1v) is 5.08. The van der Waals surface area contributed by atoms with Crippen molar-refractivity contribution in [2.45, 2.75) is 19.4 Å². The molecule has 0 fully saturated rings. The molecule has 72 valence electrons. The van der Waals surface area contributed by atoms with Gasteiger partial charge in [-0.1, -0.05) is 0 Å². The summed E-state index contributed by atoms with van der Waals surface area (Å²) in [5.41, 5.74) is 4.10. The molecule has 14 heavy (non-hydrogen) atoms. The molecule has 2 aromatic rings. The maximum Gasteiger partial charge on any atom is 0.0481 e. The topological polar surface area (TPSA) is 17.0 Å². The highest BCUT2D eigenvalue weighted by Gasteiger charge is 2.17. The third-order valence-electron chi connectivity index (χ3n) is 3.04. The van der Waals surface area contributed by atoms with Crippen LogP contribution in [0.2, 0.25) is 0 Å². The number of anilines is 1. The molecule has 0 saturated carbocycles. The molecule has 3 rings (SSSR count). The Morgan fingerprint density at radius 3 is 3.14 bits per heavy atom. The molecule has 1 aliphatic rings. The molecule has 1 aromatic heterocycles. The Hall–Kier alpha value is -1.44.